The molecule has 2 N–H and O–H groups in total. The molecule has 0 heterocycles. The summed E-state index contributed by atoms with van der Waals surface area (Å²) in [6.45, 7) is 0.769. The molecule has 0 saturated heterocycles. The minimum Gasteiger partial charge on any atom is -0.392 e. The van der Waals surface area contributed by atoms with Gasteiger partial charge in [-0.05, 0) is 38.6 Å². The largest absolute Gasteiger partial charge is 0.392 e. The van der Waals surface area contributed by atoms with Crippen LogP contribution in [0.5, 0.6) is 0 Å². The molecule has 0 aliphatic heterocycles. The highest BCUT2D eigenvalue weighted by molar-refractivity contribution is 5.79. The normalized spacial score (nSPS) is 23.1. The number of carbonyl (C=O) groups excluding carboxylic acids is 1. The third kappa shape index (κ3) is 4.19. The first-order valence-corrected chi connectivity index (χ1v) is 7.63. The molecule has 2 rings (SSSR count). The van der Waals surface area contributed by atoms with Gasteiger partial charge in [-0.25, -0.2) is 0 Å². The van der Waals surface area contributed by atoms with Gasteiger partial charge in [-0.1, -0.05) is 19.3 Å². The zero-order valence-electron chi connectivity index (χ0n) is 12.3. The molecule has 1 amide bonds. The van der Waals surface area contributed by atoms with E-state index in [-0.39, 0.29) is 18.6 Å². The minimum atomic E-state index is -0.661. The van der Waals surface area contributed by atoms with Crippen LogP contribution in [0.4, 0.5) is 0 Å². The third-order valence-corrected chi connectivity index (χ3v) is 4.38. The smallest absolute Gasteiger partial charge is 0.235 e. The number of nitriles is 1. The van der Waals surface area contributed by atoms with E-state index >= 15 is 0 Å². The van der Waals surface area contributed by atoms with Crippen LogP contribution in [0, 0.1) is 17.2 Å². The molecule has 2 aliphatic carbocycles. The van der Waals surface area contributed by atoms with Crippen molar-refractivity contribution in [3.63, 3.8) is 0 Å². The molecule has 1 unspecified atom stereocenters. The van der Waals surface area contributed by atoms with Crippen LogP contribution in [0.15, 0.2) is 0 Å². The number of rotatable bonds is 6. The van der Waals surface area contributed by atoms with Gasteiger partial charge in [0.15, 0.2) is 0 Å². The topological polar surface area (TPSA) is 76.4 Å². The van der Waals surface area contributed by atoms with Gasteiger partial charge in [0.1, 0.15) is 5.54 Å². The molecule has 2 aliphatic rings. The Balaban J connectivity index is 1.77. The number of amides is 1. The van der Waals surface area contributed by atoms with Gasteiger partial charge in [0.2, 0.25) is 5.91 Å². The first kappa shape index (κ1) is 15.3. The molecular weight excluding hydrogens is 254 g/mol. The van der Waals surface area contributed by atoms with E-state index in [4.69, 9.17) is 0 Å². The average Bonchev–Trinajstić information content (AvgIpc) is 3.23. The van der Waals surface area contributed by atoms with Crippen LogP contribution in [-0.4, -0.2) is 47.7 Å². The molecule has 5 heteroatoms. The maximum absolute atomic E-state index is 12.1. The number of hydrogen-bond donors (Lipinski definition) is 2. The van der Waals surface area contributed by atoms with Crippen LogP contribution in [0.3, 0.4) is 0 Å². The van der Waals surface area contributed by atoms with E-state index in [0.717, 1.165) is 44.9 Å². The van der Waals surface area contributed by atoms with E-state index in [0.29, 0.717) is 12.5 Å². The standard InChI is InChI=1S/C15H25N3O2/c1-18(9-13(19)12-5-6-12)10-14(20)17-15(11-16)7-3-2-4-8-15/h12-13,19H,2-10H2,1H3,(H,17,20). The molecule has 0 aromatic carbocycles. The Morgan fingerprint density at radius 1 is 1.45 bits per heavy atom. The fourth-order valence-electron chi connectivity index (χ4n) is 2.99. The van der Waals surface area contributed by atoms with Crippen molar-refractivity contribution >= 4 is 5.91 Å². The van der Waals surface area contributed by atoms with Crippen molar-refractivity contribution in [1.29, 1.82) is 5.26 Å². The predicted molar refractivity (Wildman–Crippen MR) is 75.8 cm³/mol. The van der Waals surface area contributed by atoms with Crippen molar-refractivity contribution < 1.29 is 9.90 Å². The molecule has 2 saturated carbocycles. The van der Waals surface area contributed by atoms with Crippen LogP contribution in [0.25, 0.3) is 0 Å². The van der Waals surface area contributed by atoms with Crippen molar-refractivity contribution in [3.05, 3.63) is 0 Å². The Morgan fingerprint density at radius 2 is 2.10 bits per heavy atom. The van der Waals surface area contributed by atoms with Crippen molar-refractivity contribution in [2.24, 2.45) is 5.92 Å². The van der Waals surface area contributed by atoms with E-state index in [1.54, 1.807) is 0 Å². The van der Waals surface area contributed by atoms with E-state index in [1.165, 1.54) is 0 Å². The van der Waals surface area contributed by atoms with Crippen LogP contribution < -0.4 is 5.32 Å². The molecule has 5 nitrogen and oxygen atoms in total. The first-order valence-electron chi connectivity index (χ1n) is 7.63. The fraction of sp³-hybridized carbons (Fsp3) is 0.867. The fourth-order valence-corrected chi connectivity index (χ4v) is 2.99. The molecule has 0 radical (unpaired) electrons. The molecule has 2 fully saturated rings. The Kier molecular flexibility index (Phi) is 5.00. The van der Waals surface area contributed by atoms with Crippen LogP contribution in [0.2, 0.25) is 0 Å². The number of aliphatic hydroxyl groups is 1. The highest BCUT2D eigenvalue weighted by atomic mass is 16.3. The molecule has 0 spiro atoms. The lowest BCUT2D eigenvalue weighted by Crippen LogP contribution is -2.51. The summed E-state index contributed by atoms with van der Waals surface area (Å²) in [6, 6.07) is 2.29. The molecule has 0 bridgehead atoms. The zero-order valence-corrected chi connectivity index (χ0v) is 12.3. The molecule has 0 aromatic rings. The van der Waals surface area contributed by atoms with E-state index in [9.17, 15) is 15.2 Å². The van der Waals surface area contributed by atoms with Gasteiger partial charge in [-0.2, -0.15) is 5.26 Å². The van der Waals surface area contributed by atoms with Gasteiger partial charge < -0.3 is 10.4 Å². The monoisotopic (exact) mass is 279 g/mol. The molecule has 1 atom stereocenters. The van der Waals surface area contributed by atoms with Crippen molar-refractivity contribution in [3.8, 4) is 6.07 Å². The molecular formula is C15H25N3O2. The van der Waals surface area contributed by atoms with E-state index in [2.05, 4.69) is 11.4 Å². The lowest BCUT2D eigenvalue weighted by Gasteiger charge is -2.32. The lowest BCUT2D eigenvalue weighted by molar-refractivity contribution is -0.123. The van der Waals surface area contributed by atoms with E-state index in [1.807, 2.05) is 11.9 Å². The van der Waals surface area contributed by atoms with Gasteiger partial charge in [0.25, 0.3) is 0 Å². The number of carbonyl (C=O) groups is 1. The lowest BCUT2D eigenvalue weighted by atomic mass is 9.83. The second-order valence-electron chi connectivity index (χ2n) is 6.40. The van der Waals surface area contributed by atoms with Crippen LogP contribution in [-0.2, 0) is 4.79 Å². The summed E-state index contributed by atoms with van der Waals surface area (Å²) in [4.78, 5) is 13.9. The van der Waals surface area contributed by atoms with Gasteiger partial charge in [0.05, 0.1) is 18.7 Å². The second kappa shape index (κ2) is 6.55. The SMILES string of the molecule is CN(CC(=O)NC1(C#N)CCCCC1)CC(O)C1CC1. The Morgan fingerprint density at radius 3 is 2.65 bits per heavy atom. The predicted octanol–water partition coefficient (Wildman–Crippen LogP) is 1.03. The Labute approximate surface area is 120 Å². The van der Waals surface area contributed by atoms with Gasteiger partial charge in [0, 0.05) is 6.54 Å². The highest BCUT2D eigenvalue weighted by Gasteiger charge is 2.34. The average molecular weight is 279 g/mol. The second-order valence-corrected chi connectivity index (χ2v) is 6.40. The summed E-state index contributed by atoms with van der Waals surface area (Å²) in [5, 5.41) is 22.1. The Hall–Kier alpha value is -1.12. The maximum atomic E-state index is 12.1. The Bertz CT molecular complexity index is 381. The van der Waals surface area contributed by atoms with Crippen LogP contribution >= 0.6 is 0 Å². The van der Waals surface area contributed by atoms with Crippen molar-refractivity contribution in [1.82, 2.24) is 10.2 Å². The number of likely N-dealkylation sites (N-methyl/N-ethyl adjacent to an activating group) is 1. The quantitative estimate of drug-likeness (QED) is 0.761. The van der Waals surface area contributed by atoms with Gasteiger partial charge >= 0.3 is 0 Å². The molecule has 112 valence electrons. The van der Waals surface area contributed by atoms with Crippen LogP contribution in [0.1, 0.15) is 44.9 Å². The summed E-state index contributed by atoms with van der Waals surface area (Å²) in [5.74, 6) is 0.309. The van der Waals surface area contributed by atoms with Crippen molar-refractivity contribution in [2.75, 3.05) is 20.1 Å². The zero-order chi connectivity index (χ0) is 14.6. The van der Waals surface area contributed by atoms with Gasteiger partial charge in [-0.3, -0.25) is 9.69 Å². The minimum absolute atomic E-state index is 0.112. The summed E-state index contributed by atoms with van der Waals surface area (Å²) in [7, 11) is 1.84. The highest BCUT2D eigenvalue weighted by Crippen LogP contribution is 2.32. The summed E-state index contributed by atoms with van der Waals surface area (Å²) < 4.78 is 0. The number of nitrogens with zero attached hydrogens (tertiary/aromatic N) is 2. The summed E-state index contributed by atoms with van der Waals surface area (Å²) >= 11 is 0. The first-order chi connectivity index (χ1) is 9.54. The van der Waals surface area contributed by atoms with Crippen molar-refractivity contribution in [2.45, 2.75) is 56.6 Å². The maximum Gasteiger partial charge on any atom is 0.235 e. The number of nitrogens with one attached hydrogen (secondary N) is 1. The van der Waals surface area contributed by atoms with Gasteiger partial charge in [-0.15, -0.1) is 0 Å². The molecule has 20 heavy (non-hydrogen) atoms. The molecule has 0 aromatic heterocycles. The summed E-state index contributed by atoms with van der Waals surface area (Å²) in [6.07, 6.45) is 6.53. The summed E-state index contributed by atoms with van der Waals surface area (Å²) in [5.41, 5.74) is -0.661. The number of aliphatic hydroxyl groups excluding tert-OH is 1. The third-order valence-electron chi connectivity index (χ3n) is 4.38. The van der Waals surface area contributed by atoms with E-state index < -0.39 is 5.54 Å². The number of hydrogen-bond acceptors (Lipinski definition) is 4.